The van der Waals surface area contributed by atoms with Crippen LogP contribution in [-0.4, -0.2) is 4.92 Å². The van der Waals surface area contributed by atoms with Crippen LogP contribution < -0.4 is 5.32 Å². The maximum absolute atomic E-state index is 10.8. The van der Waals surface area contributed by atoms with Gasteiger partial charge in [0.2, 0.25) is 0 Å². The van der Waals surface area contributed by atoms with Crippen LogP contribution in [0.5, 0.6) is 0 Å². The Hall–Kier alpha value is -1.43. The summed E-state index contributed by atoms with van der Waals surface area (Å²) in [5.41, 5.74) is 1.99. The van der Waals surface area contributed by atoms with Crippen LogP contribution in [0.2, 0.25) is 5.02 Å². The van der Waals surface area contributed by atoms with E-state index in [1.807, 2.05) is 30.3 Å². The number of nitrogens with one attached hydrogen (secondary N) is 1. The Morgan fingerprint density at radius 1 is 1.20 bits per heavy atom. The molecule has 0 spiro atoms. The normalized spacial score (nSPS) is 10.5. The van der Waals surface area contributed by atoms with Crippen LogP contribution >= 0.6 is 27.5 Å². The van der Waals surface area contributed by atoms with E-state index < -0.39 is 4.92 Å². The van der Waals surface area contributed by atoms with Crippen molar-refractivity contribution < 1.29 is 4.92 Å². The summed E-state index contributed by atoms with van der Waals surface area (Å²) in [5.74, 6) is 0. The van der Waals surface area contributed by atoms with E-state index >= 15 is 0 Å². The molecule has 104 valence electrons. The lowest BCUT2D eigenvalue weighted by atomic mass is 10.2. The van der Waals surface area contributed by atoms with Crippen molar-refractivity contribution in [3.8, 4) is 0 Å². The number of nitrogens with zero attached hydrogens (tertiary/aromatic N) is 1. The third kappa shape index (κ3) is 3.79. The van der Waals surface area contributed by atoms with Gasteiger partial charge in [0.05, 0.1) is 9.40 Å². The van der Waals surface area contributed by atoms with E-state index in [1.165, 1.54) is 6.07 Å². The van der Waals surface area contributed by atoms with Gasteiger partial charge in [0.1, 0.15) is 0 Å². The van der Waals surface area contributed by atoms with Crippen LogP contribution in [-0.2, 0) is 13.1 Å². The number of benzene rings is 2. The first-order valence-corrected chi connectivity index (χ1v) is 7.12. The van der Waals surface area contributed by atoms with Gasteiger partial charge in [0, 0.05) is 24.2 Å². The fourth-order valence-corrected chi connectivity index (χ4v) is 2.59. The highest BCUT2D eigenvalue weighted by atomic mass is 79.9. The molecule has 0 bridgehead atoms. The predicted octanol–water partition coefficient (Wildman–Crippen LogP) is 4.30. The monoisotopic (exact) mass is 354 g/mol. The van der Waals surface area contributed by atoms with Crippen LogP contribution in [0.1, 0.15) is 11.1 Å². The van der Waals surface area contributed by atoms with Crippen molar-refractivity contribution in [1.29, 1.82) is 0 Å². The molecule has 6 heteroatoms. The average Bonchev–Trinajstić information content (AvgIpc) is 2.40. The zero-order chi connectivity index (χ0) is 14.5. The number of hydrogen-bond acceptors (Lipinski definition) is 3. The lowest BCUT2D eigenvalue weighted by Crippen LogP contribution is -2.13. The molecule has 20 heavy (non-hydrogen) atoms. The van der Waals surface area contributed by atoms with Gasteiger partial charge < -0.3 is 5.32 Å². The van der Waals surface area contributed by atoms with E-state index in [4.69, 9.17) is 11.6 Å². The highest BCUT2D eigenvalue weighted by Crippen LogP contribution is 2.28. The number of rotatable bonds is 5. The minimum absolute atomic E-state index is 0.0760. The first-order valence-electron chi connectivity index (χ1n) is 5.95. The van der Waals surface area contributed by atoms with E-state index in [2.05, 4.69) is 21.2 Å². The zero-order valence-corrected chi connectivity index (χ0v) is 12.8. The van der Waals surface area contributed by atoms with Gasteiger partial charge in [-0.05, 0) is 39.2 Å². The van der Waals surface area contributed by atoms with Crippen LogP contribution in [0.4, 0.5) is 5.69 Å². The first-order chi connectivity index (χ1) is 9.58. The van der Waals surface area contributed by atoms with Gasteiger partial charge in [-0.2, -0.15) is 0 Å². The molecular formula is C14H12BrClN2O2. The molecule has 0 fully saturated rings. The standard InChI is InChI=1S/C14H12BrClN2O2/c15-14-11(4-2-6-13(14)18(19)20)9-17-8-10-3-1-5-12(16)7-10/h1-7,17H,8-9H2. The zero-order valence-electron chi connectivity index (χ0n) is 10.5. The smallest absolute Gasteiger partial charge is 0.283 e. The highest BCUT2D eigenvalue weighted by molar-refractivity contribution is 9.10. The van der Waals surface area contributed by atoms with Gasteiger partial charge in [-0.3, -0.25) is 10.1 Å². The lowest BCUT2D eigenvalue weighted by molar-refractivity contribution is -0.385. The summed E-state index contributed by atoms with van der Waals surface area (Å²) in [4.78, 5) is 10.4. The van der Waals surface area contributed by atoms with Crippen molar-refractivity contribution in [1.82, 2.24) is 5.32 Å². The molecule has 2 aromatic carbocycles. The highest BCUT2D eigenvalue weighted by Gasteiger charge is 2.14. The molecule has 0 amide bonds. The van der Waals surface area contributed by atoms with Crippen LogP contribution in [0, 0.1) is 10.1 Å². The van der Waals surface area contributed by atoms with E-state index in [0.29, 0.717) is 22.6 Å². The van der Waals surface area contributed by atoms with E-state index in [9.17, 15) is 10.1 Å². The van der Waals surface area contributed by atoms with E-state index in [-0.39, 0.29) is 5.69 Å². The molecule has 0 aliphatic carbocycles. The van der Waals surface area contributed by atoms with Gasteiger partial charge in [0.15, 0.2) is 0 Å². The molecule has 0 aromatic heterocycles. The van der Waals surface area contributed by atoms with Crippen molar-refractivity contribution in [3.05, 3.63) is 73.2 Å². The number of hydrogen-bond donors (Lipinski definition) is 1. The molecule has 0 aliphatic rings. The van der Waals surface area contributed by atoms with Crippen molar-refractivity contribution in [2.75, 3.05) is 0 Å². The second-order valence-corrected chi connectivity index (χ2v) is 5.47. The summed E-state index contributed by atoms with van der Waals surface area (Å²) in [7, 11) is 0. The molecule has 0 unspecified atom stereocenters. The number of nitro groups is 1. The summed E-state index contributed by atoms with van der Waals surface area (Å²) < 4.78 is 0.517. The fraction of sp³-hybridized carbons (Fsp3) is 0.143. The van der Waals surface area contributed by atoms with Crippen LogP contribution in [0.15, 0.2) is 46.9 Å². The van der Waals surface area contributed by atoms with Crippen LogP contribution in [0.3, 0.4) is 0 Å². The molecule has 1 N–H and O–H groups in total. The maximum Gasteiger partial charge on any atom is 0.283 e. The van der Waals surface area contributed by atoms with Crippen LogP contribution in [0.25, 0.3) is 0 Å². The Morgan fingerprint density at radius 3 is 2.65 bits per heavy atom. The van der Waals surface area contributed by atoms with Crippen molar-refractivity contribution in [2.45, 2.75) is 13.1 Å². The first kappa shape index (κ1) is 15.0. The molecule has 0 heterocycles. The number of halogens is 2. The summed E-state index contributed by atoms with van der Waals surface area (Å²) in [5, 5.41) is 14.8. The Kier molecular flexibility index (Phi) is 5.11. The minimum atomic E-state index is -0.398. The lowest BCUT2D eigenvalue weighted by Gasteiger charge is -2.07. The second-order valence-electron chi connectivity index (χ2n) is 4.24. The van der Waals surface area contributed by atoms with Crippen molar-refractivity contribution in [2.24, 2.45) is 0 Å². The summed E-state index contributed by atoms with van der Waals surface area (Å²) in [6.07, 6.45) is 0. The fourth-order valence-electron chi connectivity index (χ4n) is 1.83. The molecule has 0 aliphatic heterocycles. The van der Waals surface area contributed by atoms with Crippen molar-refractivity contribution >= 4 is 33.2 Å². The Labute approximate surface area is 130 Å². The van der Waals surface area contributed by atoms with Gasteiger partial charge in [-0.15, -0.1) is 0 Å². The Bertz CT molecular complexity index is 634. The Balaban J connectivity index is 2.01. The molecule has 2 aromatic rings. The summed E-state index contributed by atoms with van der Waals surface area (Å²) in [6.45, 7) is 1.18. The van der Waals surface area contributed by atoms with Gasteiger partial charge >= 0.3 is 0 Å². The topological polar surface area (TPSA) is 55.2 Å². The average molecular weight is 356 g/mol. The quantitative estimate of drug-likeness (QED) is 0.642. The minimum Gasteiger partial charge on any atom is -0.309 e. The maximum atomic E-state index is 10.8. The predicted molar refractivity (Wildman–Crippen MR) is 82.8 cm³/mol. The SMILES string of the molecule is O=[N+]([O-])c1cccc(CNCc2cccc(Cl)c2)c1Br. The largest absolute Gasteiger partial charge is 0.309 e. The number of nitro benzene ring substituents is 1. The molecule has 0 saturated heterocycles. The van der Waals surface area contributed by atoms with E-state index in [0.717, 1.165) is 11.1 Å². The molecular weight excluding hydrogens is 344 g/mol. The summed E-state index contributed by atoms with van der Waals surface area (Å²) >= 11 is 9.19. The third-order valence-corrected chi connectivity index (χ3v) is 3.94. The van der Waals surface area contributed by atoms with Crippen molar-refractivity contribution in [3.63, 3.8) is 0 Å². The molecule has 0 radical (unpaired) electrons. The third-order valence-electron chi connectivity index (χ3n) is 2.79. The molecule has 0 atom stereocenters. The second kappa shape index (κ2) is 6.83. The Morgan fingerprint density at radius 2 is 1.95 bits per heavy atom. The van der Waals surface area contributed by atoms with Gasteiger partial charge in [-0.1, -0.05) is 35.9 Å². The van der Waals surface area contributed by atoms with E-state index in [1.54, 1.807) is 6.07 Å². The van der Waals surface area contributed by atoms with Gasteiger partial charge in [0.25, 0.3) is 5.69 Å². The summed E-state index contributed by atoms with van der Waals surface area (Å²) in [6, 6.07) is 12.6. The van der Waals surface area contributed by atoms with Gasteiger partial charge in [-0.25, -0.2) is 0 Å². The molecule has 0 saturated carbocycles. The molecule has 4 nitrogen and oxygen atoms in total. The molecule has 2 rings (SSSR count).